The van der Waals surface area contributed by atoms with Crippen LogP contribution in [-0.2, 0) is 4.74 Å². The van der Waals surface area contributed by atoms with Crippen molar-refractivity contribution in [2.75, 3.05) is 13.7 Å². The summed E-state index contributed by atoms with van der Waals surface area (Å²) in [7, 11) is 1.31. The number of unbranched alkanes of at least 4 members (excludes halogenated alkanes) is 15. The summed E-state index contributed by atoms with van der Waals surface area (Å²) in [6, 6.07) is 9.84. The molecule has 2 rings (SSSR count). The molecule has 1 N–H and O–H groups in total. The fourth-order valence-corrected chi connectivity index (χ4v) is 4.40. The standard InChI is InChI=1S/C30H45O4/c1-3-4-5-6-7-8-9-10-11-12-13-14-15-16-17-18-21-34-27-19-20-28-25(23-27)22-26(24-29(28)31)30(32)33-2/h19-20,23-24,31H,3-18,21H2,1-2H3. The van der Waals surface area contributed by atoms with Gasteiger partial charge in [0.1, 0.15) is 11.5 Å². The van der Waals surface area contributed by atoms with Gasteiger partial charge < -0.3 is 14.6 Å². The largest absolute Gasteiger partial charge is 0.507 e. The van der Waals surface area contributed by atoms with Crippen molar-refractivity contribution >= 4 is 16.7 Å². The molecule has 0 amide bonds. The van der Waals surface area contributed by atoms with E-state index < -0.39 is 5.97 Å². The van der Waals surface area contributed by atoms with E-state index in [1.807, 2.05) is 12.1 Å². The van der Waals surface area contributed by atoms with Gasteiger partial charge in [-0.15, -0.1) is 0 Å². The SMILES string of the molecule is CCCCCCCCCCCCCCCCCCOc1ccc2c(O)cc(C(=O)OC)[c]c2c1. The number of esters is 1. The molecule has 0 bridgehead atoms. The zero-order valence-corrected chi connectivity index (χ0v) is 21.5. The van der Waals surface area contributed by atoms with Crippen LogP contribution in [-0.4, -0.2) is 24.8 Å². The molecule has 1 radical (unpaired) electrons. The average Bonchev–Trinajstić information content (AvgIpc) is 2.85. The maximum Gasteiger partial charge on any atom is 0.338 e. The number of carbonyl (C=O) groups excluding carboxylic acids is 1. The Morgan fingerprint density at radius 3 is 1.85 bits per heavy atom. The third kappa shape index (κ3) is 10.8. The first-order chi connectivity index (χ1) is 16.7. The number of hydrogen-bond acceptors (Lipinski definition) is 4. The maximum atomic E-state index is 11.7. The quantitative estimate of drug-likeness (QED) is 0.165. The minimum atomic E-state index is -0.517. The number of phenolic OH excluding ortho intramolecular Hbond substituents is 1. The van der Waals surface area contributed by atoms with Crippen LogP contribution < -0.4 is 4.74 Å². The number of ether oxygens (including phenoxy) is 2. The number of benzene rings is 2. The summed E-state index contributed by atoms with van der Waals surface area (Å²) in [4.78, 5) is 11.7. The molecule has 2 aromatic carbocycles. The second-order valence-corrected chi connectivity index (χ2v) is 9.42. The van der Waals surface area contributed by atoms with Crippen LogP contribution in [0.5, 0.6) is 11.5 Å². The van der Waals surface area contributed by atoms with E-state index in [9.17, 15) is 9.90 Å². The Bertz CT molecular complexity index is 830. The first-order valence-electron chi connectivity index (χ1n) is 13.6. The highest BCUT2D eigenvalue weighted by molar-refractivity contribution is 5.98. The third-order valence-corrected chi connectivity index (χ3v) is 6.49. The van der Waals surface area contributed by atoms with E-state index in [4.69, 9.17) is 9.47 Å². The molecule has 0 aliphatic heterocycles. The van der Waals surface area contributed by atoms with Gasteiger partial charge in [0.2, 0.25) is 0 Å². The summed E-state index contributed by atoms with van der Waals surface area (Å²) < 4.78 is 10.6. The molecule has 34 heavy (non-hydrogen) atoms. The second-order valence-electron chi connectivity index (χ2n) is 9.42. The molecule has 189 valence electrons. The second kappa shape index (κ2) is 17.2. The van der Waals surface area contributed by atoms with Gasteiger partial charge in [-0.3, -0.25) is 0 Å². The molecule has 0 aromatic heterocycles. The van der Waals surface area contributed by atoms with E-state index in [1.165, 1.54) is 109 Å². The Hall–Kier alpha value is -2.23. The monoisotopic (exact) mass is 469 g/mol. The minimum absolute atomic E-state index is 0.0403. The van der Waals surface area contributed by atoms with E-state index in [0.29, 0.717) is 17.4 Å². The van der Waals surface area contributed by atoms with Gasteiger partial charge in [-0.1, -0.05) is 103 Å². The first kappa shape index (κ1) is 28.0. The van der Waals surface area contributed by atoms with Crippen molar-refractivity contribution in [1.82, 2.24) is 0 Å². The van der Waals surface area contributed by atoms with Crippen molar-refractivity contribution in [2.24, 2.45) is 0 Å². The average molecular weight is 470 g/mol. The summed E-state index contributed by atoms with van der Waals surface area (Å²) in [5.41, 5.74) is 0.211. The van der Waals surface area contributed by atoms with E-state index >= 15 is 0 Å². The lowest BCUT2D eigenvalue weighted by Crippen LogP contribution is -2.01. The maximum absolute atomic E-state index is 11.7. The fourth-order valence-electron chi connectivity index (χ4n) is 4.40. The van der Waals surface area contributed by atoms with Crippen LogP contribution in [0.4, 0.5) is 0 Å². The lowest BCUT2D eigenvalue weighted by Gasteiger charge is -2.09. The van der Waals surface area contributed by atoms with Crippen LogP contribution in [0.15, 0.2) is 24.3 Å². The minimum Gasteiger partial charge on any atom is -0.507 e. The molecule has 0 heterocycles. The van der Waals surface area contributed by atoms with E-state index in [1.54, 1.807) is 6.07 Å². The van der Waals surface area contributed by atoms with Gasteiger partial charge in [-0.05, 0) is 36.1 Å². The summed E-state index contributed by atoms with van der Waals surface area (Å²) in [6.45, 7) is 2.95. The zero-order valence-electron chi connectivity index (χ0n) is 21.5. The molecule has 2 aromatic rings. The predicted octanol–water partition coefficient (Wildman–Crippen LogP) is 8.77. The molecule has 0 fully saturated rings. The molecular weight excluding hydrogens is 424 g/mol. The zero-order chi connectivity index (χ0) is 24.4. The van der Waals surface area contributed by atoms with E-state index in [-0.39, 0.29) is 11.3 Å². The highest BCUT2D eigenvalue weighted by atomic mass is 16.5. The first-order valence-corrected chi connectivity index (χ1v) is 13.6. The smallest absolute Gasteiger partial charge is 0.338 e. The summed E-state index contributed by atoms with van der Waals surface area (Å²) in [5.74, 6) is 0.251. The van der Waals surface area contributed by atoms with Gasteiger partial charge in [0.25, 0.3) is 0 Å². The van der Waals surface area contributed by atoms with Crippen LogP contribution in [0.1, 0.15) is 120 Å². The molecule has 0 saturated heterocycles. The number of fused-ring (bicyclic) bond motifs is 1. The van der Waals surface area contributed by atoms with E-state index in [2.05, 4.69) is 13.0 Å². The normalized spacial score (nSPS) is 11.1. The molecule has 0 spiro atoms. The van der Waals surface area contributed by atoms with Crippen LogP contribution in [0.3, 0.4) is 0 Å². The molecule has 0 unspecified atom stereocenters. The van der Waals surface area contributed by atoms with E-state index in [0.717, 1.165) is 12.2 Å². The molecule has 4 heteroatoms. The highest BCUT2D eigenvalue weighted by Gasteiger charge is 2.11. The Balaban J connectivity index is 1.49. The molecular formula is C30H45O4. The van der Waals surface area contributed by atoms with Gasteiger partial charge in [0.05, 0.1) is 19.3 Å². The number of aromatic hydroxyl groups is 1. The predicted molar refractivity (Wildman–Crippen MR) is 141 cm³/mol. The van der Waals surface area contributed by atoms with Crippen LogP contribution >= 0.6 is 0 Å². The van der Waals surface area contributed by atoms with Crippen molar-refractivity contribution in [1.29, 1.82) is 0 Å². The number of rotatable bonds is 19. The number of phenols is 1. The van der Waals surface area contributed by atoms with Gasteiger partial charge >= 0.3 is 5.97 Å². The lowest BCUT2D eigenvalue weighted by molar-refractivity contribution is 0.0600. The molecule has 0 aliphatic carbocycles. The molecule has 4 nitrogen and oxygen atoms in total. The Morgan fingerprint density at radius 2 is 1.32 bits per heavy atom. The van der Waals surface area contributed by atoms with Crippen molar-refractivity contribution in [3.63, 3.8) is 0 Å². The Labute approximate surface area is 207 Å². The van der Waals surface area contributed by atoms with Crippen molar-refractivity contribution in [2.45, 2.75) is 110 Å². The van der Waals surface area contributed by atoms with Crippen molar-refractivity contribution < 1.29 is 19.4 Å². The van der Waals surface area contributed by atoms with Gasteiger partial charge in [-0.2, -0.15) is 0 Å². The topological polar surface area (TPSA) is 55.8 Å². The molecule has 0 aliphatic rings. The van der Waals surface area contributed by atoms with Crippen molar-refractivity contribution in [3.8, 4) is 11.5 Å². The Kier molecular flexibility index (Phi) is 14.2. The van der Waals surface area contributed by atoms with Crippen LogP contribution in [0.2, 0.25) is 0 Å². The molecule has 0 atom stereocenters. The summed E-state index contributed by atoms with van der Waals surface area (Å²) in [5, 5.41) is 11.4. The lowest BCUT2D eigenvalue weighted by atomic mass is 10.0. The van der Waals surface area contributed by atoms with Crippen molar-refractivity contribution in [3.05, 3.63) is 35.9 Å². The molecule has 0 saturated carbocycles. The number of carbonyl (C=O) groups is 1. The number of methoxy groups -OCH3 is 1. The number of hydrogen-bond donors (Lipinski definition) is 1. The van der Waals surface area contributed by atoms with Gasteiger partial charge in [-0.25, -0.2) is 4.79 Å². The van der Waals surface area contributed by atoms with Crippen LogP contribution in [0, 0.1) is 6.07 Å². The summed E-state index contributed by atoms with van der Waals surface area (Å²) in [6.07, 6.45) is 21.6. The third-order valence-electron chi connectivity index (χ3n) is 6.49. The van der Waals surface area contributed by atoms with Gasteiger partial charge in [0.15, 0.2) is 0 Å². The van der Waals surface area contributed by atoms with Gasteiger partial charge in [0, 0.05) is 11.5 Å². The highest BCUT2D eigenvalue weighted by Crippen LogP contribution is 2.29. The summed E-state index contributed by atoms with van der Waals surface area (Å²) >= 11 is 0. The van der Waals surface area contributed by atoms with Crippen LogP contribution in [0.25, 0.3) is 10.8 Å². The fraction of sp³-hybridized carbons (Fsp3) is 0.633. The Morgan fingerprint density at radius 1 is 0.794 bits per heavy atom.